The first-order valence-corrected chi connectivity index (χ1v) is 7.12. The van der Waals surface area contributed by atoms with Gasteiger partial charge in [0.25, 0.3) is 5.91 Å². The van der Waals surface area contributed by atoms with Gasteiger partial charge in [-0.3, -0.25) is 4.79 Å². The SMILES string of the molecule is CCCCCCc1cc(=O)oc2c1C(OCF)=NC(=O)C2. The van der Waals surface area contributed by atoms with Crippen LogP contribution in [-0.4, -0.2) is 18.7 Å². The van der Waals surface area contributed by atoms with E-state index >= 15 is 0 Å². The van der Waals surface area contributed by atoms with Gasteiger partial charge in [0.05, 0.1) is 12.0 Å². The summed E-state index contributed by atoms with van der Waals surface area (Å²) in [5, 5.41) is 0. The van der Waals surface area contributed by atoms with Gasteiger partial charge in [0, 0.05) is 6.07 Å². The van der Waals surface area contributed by atoms with Crippen LogP contribution < -0.4 is 5.63 Å². The largest absolute Gasteiger partial charge is 0.445 e. The van der Waals surface area contributed by atoms with Crippen molar-refractivity contribution < 1.29 is 18.3 Å². The molecule has 21 heavy (non-hydrogen) atoms. The van der Waals surface area contributed by atoms with Crippen LogP contribution in [0.1, 0.15) is 49.5 Å². The van der Waals surface area contributed by atoms with Crippen molar-refractivity contribution in [2.75, 3.05) is 6.86 Å². The van der Waals surface area contributed by atoms with Gasteiger partial charge in [-0.15, -0.1) is 0 Å². The Morgan fingerprint density at radius 3 is 2.86 bits per heavy atom. The van der Waals surface area contributed by atoms with Crippen LogP contribution in [0, 0.1) is 0 Å². The topological polar surface area (TPSA) is 68.9 Å². The van der Waals surface area contributed by atoms with Gasteiger partial charge in [-0.2, -0.15) is 4.99 Å². The number of nitrogens with zero attached hydrogens (tertiary/aromatic N) is 1. The molecule has 0 atom stereocenters. The van der Waals surface area contributed by atoms with Gasteiger partial charge in [-0.25, -0.2) is 9.18 Å². The second kappa shape index (κ2) is 7.15. The molecule has 0 saturated heterocycles. The zero-order chi connectivity index (χ0) is 15.2. The predicted molar refractivity (Wildman–Crippen MR) is 75.1 cm³/mol. The lowest BCUT2D eigenvalue weighted by molar-refractivity contribution is -0.117. The second-order valence-corrected chi connectivity index (χ2v) is 4.94. The first-order valence-electron chi connectivity index (χ1n) is 7.12. The van der Waals surface area contributed by atoms with Gasteiger partial charge in [0.15, 0.2) is 0 Å². The average Bonchev–Trinajstić information content (AvgIpc) is 2.42. The molecule has 6 heteroatoms. The lowest BCUT2D eigenvalue weighted by Crippen LogP contribution is -2.23. The van der Waals surface area contributed by atoms with Crippen molar-refractivity contribution in [3.8, 4) is 0 Å². The van der Waals surface area contributed by atoms with Crippen LogP contribution in [0.4, 0.5) is 4.39 Å². The zero-order valence-corrected chi connectivity index (χ0v) is 12.0. The smallest absolute Gasteiger partial charge is 0.336 e. The number of aliphatic imine (C=N–C) groups is 1. The summed E-state index contributed by atoms with van der Waals surface area (Å²) in [7, 11) is 0. The van der Waals surface area contributed by atoms with Crippen molar-refractivity contribution in [3.05, 3.63) is 33.4 Å². The number of amides is 1. The lowest BCUT2D eigenvalue weighted by Gasteiger charge is -2.17. The van der Waals surface area contributed by atoms with E-state index in [1.807, 2.05) is 0 Å². The van der Waals surface area contributed by atoms with Crippen LogP contribution >= 0.6 is 0 Å². The van der Waals surface area contributed by atoms with E-state index in [0.717, 1.165) is 25.7 Å². The van der Waals surface area contributed by atoms with E-state index in [-0.39, 0.29) is 18.1 Å². The van der Waals surface area contributed by atoms with Gasteiger partial charge >= 0.3 is 5.63 Å². The highest BCUT2D eigenvalue weighted by Gasteiger charge is 2.26. The van der Waals surface area contributed by atoms with Crippen LogP contribution in [0.15, 0.2) is 20.3 Å². The maximum Gasteiger partial charge on any atom is 0.336 e. The summed E-state index contributed by atoms with van der Waals surface area (Å²) in [6.45, 7) is 1.03. The minimum absolute atomic E-state index is 0.0852. The molecule has 114 valence electrons. The molecular formula is C15H18FNO4. The summed E-state index contributed by atoms with van der Waals surface area (Å²) >= 11 is 0. The molecule has 0 fully saturated rings. The molecule has 1 aliphatic heterocycles. The fourth-order valence-corrected chi connectivity index (χ4v) is 2.42. The van der Waals surface area contributed by atoms with E-state index in [4.69, 9.17) is 9.15 Å². The van der Waals surface area contributed by atoms with E-state index in [9.17, 15) is 14.0 Å². The standard InChI is InChI=1S/C15H18FNO4/c1-2-3-4-5-6-10-7-13(19)21-11-8-12(18)17-15(14(10)11)20-9-16/h7H,2-6,8-9H2,1H3. The first-order chi connectivity index (χ1) is 10.2. The van der Waals surface area contributed by atoms with Crippen LogP contribution in [-0.2, 0) is 22.4 Å². The number of fused-ring (bicyclic) bond motifs is 1. The average molecular weight is 295 g/mol. The molecule has 1 aromatic heterocycles. The number of carbonyl (C=O) groups is 1. The molecule has 1 amide bonds. The Morgan fingerprint density at radius 1 is 1.33 bits per heavy atom. The Kier molecular flexibility index (Phi) is 5.25. The number of ether oxygens (including phenoxy) is 1. The van der Waals surface area contributed by atoms with E-state index in [1.54, 1.807) is 0 Å². The van der Waals surface area contributed by atoms with Crippen LogP contribution in [0.25, 0.3) is 0 Å². The van der Waals surface area contributed by atoms with E-state index < -0.39 is 18.4 Å². The molecule has 0 aromatic carbocycles. The lowest BCUT2D eigenvalue weighted by atomic mass is 9.98. The van der Waals surface area contributed by atoms with Gasteiger partial charge in [0.1, 0.15) is 5.76 Å². The van der Waals surface area contributed by atoms with Crippen molar-refractivity contribution in [3.63, 3.8) is 0 Å². The van der Waals surface area contributed by atoms with Crippen molar-refractivity contribution in [2.24, 2.45) is 4.99 Å². The van der Waals surface area contributed by atoms with Gasteiger partial charge in [0.2, 0.25) is 12.8 Å². The number of unbranched alkanes of at least 4 members (excludes halogenated alkanes) is 3. The number of halogens is 1. The number of rotatable bonds is 6. The zero-order valence-electron chi connectivity index (χ0n) is 12.0. The van der Waals surface area contributed by atoms with Gasteiger partial charge in [-0.1, -0.05) is 26.2 Å². The number of hydrogen-bond donors (Lipinski definition) is 0. The predicted octanol–water partition coefficient (Wildman–Crippen LogP) is 2.54. The van der Waals surface area contributed by atoms with E-state index in [1.165, 1.54) is 6.07 Å². The molecule has 0 radical (unpaired) electrons. The quantitative estimate of drug-likeness (QED) is 0.756. The Hall–Kier alpha value is -1.98. The van der Waals surface area contributed by atoms with Crippen LogP contribution in [0.2, 0.25) is 0 Å². The summed E-state index contributed by atoms with van der Waals surface area (Å²) in [5.41, 5.74) is 0.661. The molecule has 1 aromatic rings. The van der Waals surface area contributed by atoms with E-state index in [2.05, 4.69) is 11.9 Å². The summed E-state index contributed by atoms with van der Waals surface area (Å²) in [5.74, 6) is -0.369. The van der Waals surface area contributed by atoms with Gasteiger partial charge in [-0.05, 0) is 18.4 Å². The van der Waals surface area contributed by atoms with Crippen molar-refractivity contribution in [1.29, 1.82) is 0 Å². The summed E-state index contributed by atoms with van der Waals surface area (Å²) < 4.78 is 22.3. The number of aryl methyl sites for hydroxylation is 1. The number of alkyl halides is 1. The number of carbonyl (C=O) groups excluding carboxylic acids is 1. The fraction of sp³-hybridized carbons (Fsp3) is 0.533. The fourth-order valence-electron chi connectivity index (χ4n) is 2.42. The summed E-state index contributed by atoms with van der Waals surface area (Å²) in [6.07, 6.45) is 4.73. The molecule has 2 heterocycles. The van der Waals surface area contributed by atoms with Crippen LogP contribution in [0.3, 0.4) is 0 Å². The molecular weight excluding hydrogens is 277 g/mol. The third kappa shape index (κ3) is 3.77. The van der Waals surface area contributed by atoms with Crippen molar-refractivity contribution in [1.82, 2.24) is 0 Å². The highest BCUT2D eigenvalue weighted by Crippen LogP contribution is 2.22. The van der Waals surface area contributed by atoms with E-state index in [0.29, 0.717) is 17.5 Å². The maximum absolute atomic E-state index is 12.5. The summed E-state index contributed by atoms with van der Waals surface area (Å²) in [6, 6.07) is 1.37. The minimum Gasteiger partial charge on any atom is -0.445 e. The Morgan fingerprint density at radius 2 is 2.14 bits per heavy atom. The molecule has 1 aliphatic rings. The van der Waals surface area contributed by atoms with Crippen molar-refractivity contribution in [2.45, 2.75) is 45.4 Å². The Labute approximate surface area is 121 Å². The molecule has 0 unspecified atom stereocenters. The highest BCUT2D eigenvalue weighted by molar-refractivity contribution is 6.06. The first kappa shape index (κ1) is 15.4. The molecule has 0 saturated carbocycles. The normalized spacial score (nSPS) is 13.8. The minimum atomic E-state index is -1.08. The highest BCUT2D eigenvalue weighted by atomic mass is 19.1. The molecule has 0 spiro atoms. The Balaban J connectivity index is 2.32. The van der Waals surface area contributed by atoms with Crippen molar-refractivity contribution >= 4 is 11.8 Å². The summed E-state index contributed by atoms with van der Waals surface area (Å²) in [4.78, 5) is 26.8. The third-order valence-electron chi connectivity index (χ3n) is 3.36. The number of hydrogen-bond acceptors (Lipinski definition) is 4. The maximum atomic E-state index is 12.5. The Bertz CT molecular complexity index is 606. The third-order valence-corrected chi connectivity index (χ3v) is 3.36. The molecule has 0 bridgehead atoms. The molecule has 0 N–H and O–H groups in total. The molecule has 5 nitrogen and oxygen atoms in total. The molecule has 0 aliphatic carbocycles. The molecule has 2 rings (SSSR count). The van der Waals surface area contributed by atoms with Gasteiger partial charge < -0.3 is 9.15 Å². The van der Waals surface area contributed by atoms with Crippen LogP contribution in [0.5, 0.6) is 0 Å². The monoisotopic (exact) mass is 295 g/mol. The second-order valence-electron chi connectivity index (χ2n) is 4.94.